The topological polar surface area (TPSA) is 55.8 Å². The molecule has 2 N–H and O–H groups in total. The molecule has 2 aliphatic heterocycles. The minimum atomic E-state index is -0.205. The Morgan fingerprint density at radius 3 is 2.59 bits per heavy atom. The van der Waals surface area contributed by atoms with E-state index in [0.717, 1.165) is 16.8 Å². The number of nitrogens with one attached hydrogen (secondary N) is 1. The fraction of sp³-hybridized carbons (Fsp3) is 0.240. The third-order valence-electron chi connectivity index (χ3n) is 6.46. The normalized spacial score (nSPS) is 22.0. The van der Waals surface area contributed by atoms with E-state index < -0.39 is 0 Å². The fourth-order valence-electron chi connectivity index (χ4n) is 4.97. The number of hydrogen-bond acceptors (Lipinski definition) is 3. The molecule has 0 aliphatic carbocycles. The highest BCUT2D eigenvalue weighted by molar-refractivity contribution is 6.31. The minimum absolute atomic E-state index is 0.0180. The predicted molar refractivity (Wildman–Crippen MR) is 129 cm³/mol. The molecular weight excluding hydrogens is 445 g/mol. The second-order valence-corrected chi connectivity index (χ2v) is 9.06. The van der Waals surface area contributed by atoms with Crippen LogP contribution in [0.1, 0.15) is 17.0 Å². The number of benzene rings is 3. The van der Waals surface area contributed by atoms with E-state index in [1.165, 1.54) is 0 Å². The number of anilines is 2. The molecule has 7 heteroatoms. The summed E-state index contributed by atoms with van der Waals surface area (Å²) >= 11 is 12.5. The number of nitrogens with zero attached hydrogens (tertiary/aromatic N) is 2. The van der Waals surface area contributed by atoms with Gasteiger partial charge in [-0.15, -0.1) is 0 Å². The number of rotatable bonds is 4. The number of likely N-dealkylation sites (tertiary alicyclic amines) is 1. The summed E-state index contributed by atoms with van der Waals surface area (Å²) in [6.07, 6.45) is 0. The molecule has 0 spiro atoms. The number of hydrogen-bond donors (Lipinski definition) is 2. The maximum Gasteiger partial charge on any atom is 0.326 e. The van der Waals surface area contributed by atoms with Crippen LogP contribution in [-0.2, 0) is 6.54 Å². The maximum absolute atomic E-state index is 13.3. The molecule has 0 unspecified atom stereocenters. The third-order valence-corrected chi connectivity index (χ3v) is 7.06. The van der Waals surface area contributed by atoms with E-state index in [1.807, 2.05) is 48.5 Å². The number of urea groups is 1. The summed E-state index contributed by atoms with van der Waals surface area (Å²) in [5.41, 5.74) is 3.63. The lowest BCUT2D eigenvalue weighted by Crippen LogP contribution is -2.69. The average molecular weight is 468 g/mol. The molecule has 0 bridgehead atoms. The molecule has 2 amide bonds. The van der Waals surface area contributed by atoms with Crippen LogP contribution in [0.2, 0.25) is 10.0 Å². The summed E-state index contributed by atoms with van der Waals surface area (Å²) in [7, 11) is 0. The molecule has 2 heterocycles. The maximum atomic E-state index is 13.3. The molecule has 5 rings (SSSR count). The smallest absolute Gasteiger partial charge is 0.326 e. The van der Waals surface area contributed by atoms with Crippen molar-refractivity contribution in [1.82, 2.24) is 4.90 Å². The zero-order chi connectivity index (χ0) is 22.2. The quantitative estimate of drug-likeness (QED) is 0.541. The van der Waals surface area contributed by atoms with Crippen LogP contribution in [-0.4, -0.2) is 41.3 Å². The fourth-order valence-corrected chi connectivity index (χ4v) is 5.36. The van der Waals surface area contributed by atoms with Crippen molar-refractivity contribution in [1.29, 1.82) is 0 Å². The van der Waals surface area contributed by atoms with E-state index in [0.29, 0.717) is 28.8 Å². The van der Waals surface area contributed by atoms with Gasteiger partial charge in [0.15, 0.2) is 0 Å². The zero-order valence-corrected chi connectivity index (χ0v) is 18.8. The van der Waals surface area contributed by atoms with Gasteiger partial charge in [-0.3, -0.25) is 9.80 Å². The van der Waals surface area contributed by atoms with Crippen molar-refractivity contribution in [3.05, 3.63) is 94.0 Å². The summed E-state index contributed by atoms with van der Waals surface area (Å²) in [6.45, 7) is 1.20. The van der Waals surface area contributed by atoms with E-state index >= 15 is 0 Å². The Bertz CT molecular complexity index is 1160. The first-order valence-electron chi connectivity index (χ1n) is 10.6. The van der Waals surface area contributed by atoms with Crippen molar-refractivity contribution >= 4 is 40.6 Å². The summed E-state index contributed by atoms with van der Waals surface area (Å²) < 4.78 is 0. The molecule has 2 aliphatic rings. The molecule has 0 radical (unpaired) electrons. The number of amides is 2. The number of halogens is 2. The molecule has 3 atom stereocenters. The number of carbonyl (C=O) groups is 1. The highest BCUT2D eigenvalue weighted by atomic mass is 35.5. The van der Waals surface area contributed by atoms with Gasteiger partial charge in [0.1, 0.15) is 0 Å². The van der Waals surface area contributed by atoms with Gasteiger partial charge < -0.3 is 10.4 Å². The Labute approximate surface area is 197 Å². The van der Waals surface area contributed by atoms with Crippen LogP contribution in [0.5, 0.6) is 0 Å². The summed E-state index contributed by atoms with van der Waals surface area (Å²) in [5, 5.41) is 14.4. The lowest BCUT2D eigenvalue weighted by molar-refractivity contribution is -0.0484. The third kappa shape index (κ3) is 3.76. The van der Waals surface area contributed by atoms with Crippen LogP contribution in [0.4, 0.5) is 16.2 Å². The van der Waals surface area contributed by atoms with Gasteiger partial charge in [-0.25, -0.2) is 4.79 Å². The largest absolute Gasteiger partial charge is 0.395 e. The first-order valence-corrected chi connectivity index (χ1v) is 11.4. The molecule has 5 nitrogen and oxygen atoms in total. The van der Waals surface area contributed by atoms with Gasteiger partial charge in [-0.1, -0.05) is 65.7 Å². The van der Waals surface area contributed by atoms with Crippen molar-refractivity contribution in [3.63, 3.8) is 0 Å². The first-order chi connectivity index (χ1) is 15.6. The van der Waals surface area contributed by atoms with E-state index in [9.17, 15) is 9.90 Å². The lowest BCUT2D eigenvalue weighted by atomic mass is 9.72. The van der Waals surface area contributed by atoms with Crippen molar-refractivity contribution in [2.45, 2.75) is 24.5 Å². The molecule has 3 aromatic rings. The zero-order valence-electron chi connectivity index (χ0n) is 17.3. The van der Waals surface area contributed by atoms with Gasteiger partial charge in [-0.05, 0) is 41.5 Å². The predicted octanol–water partition coefficient (Wildman–Crippen LogP) is 5.37. The molecule has 1 fully saturated rings. The van der Waals surface area contributed by atoms with E-state index in [-0.39, 0.29) is 30.6 Å². The number of para-hydroxylation sites is 1. The summed E-state index contributed by atoms with van der Waals surface area (Å²) in [5.74, 6) is 0.161. The highest BCUT2D eigenvalue weighted by Crippen LogP contribution is 2.49. The SMILES string of the molecule is O=C(Nc1cccc(Cl)c1)N1C[C@@H]2[C@H](c3ccccc31)[C@@H](CO)N2Cc1ccccc1Cl. The molecule has 164 valence electrons. The number of carbonyl (C=O) groups excluding carboxylic acids is 1. The van der Waals surface area contributed by atoms with Crippen LogP contribution >= 0.6 is 23.2 Å². The Kier molecular flexibility index (Phi) is 5.82. The monoisotopic (exact) mass is 467 g/mol. The number of fused-ring (bicyclic) bond motifs is 3. The van der Waals surface area contributed by atoms with Crippen LogP contribution in [0.25, 0.3) is 0 Å². The van der Waals surface area contributed by atoms with Crippen molar-refractivity contribution in [2.24, 2.45) is 0 Å². The van der Waals surface area contributed by atoms with Crippen LogP contribution in [0.15, 0.2) is 72.8 Å². The van der Waals surface area contributed by atoms with Gasteiger partial charge in [0.25, 0.3) is 0 Å². The van der Waals surface area contributed by atoms with E-state index in [4.69, 9.17) is 23.2 Å². The average Bonchev–Trinajstić information content (AvgIpc) is 2.78. The Morgan fingerprint density at radius 2 is 1.81 bits per heavy atom. The van der Waals surface area contributed by atoms with Gasteiger partial charge >= 0.3 is 6.03 Å². The minimum Gasteiger partial charge on any atom is -0.395 e. The highest BCUT2D eigenvalue weighted by Gasteiger charge is 2.53. The molecule has 0 saturated carbocycles. The van der Waals surface area contributed by atoms with Crippen LogP contribution in [0, 0.1) is 0 Å². The molecule has 3 aromatic carbocycles. The van der Waals surface area contributed by atoms with Gasteiger partial charge in [0.2, 0.25) is 0 Å². The molecule has 0 aromatic heterocycles. The van der Waals surface area contributed by atoms with Crippen LogP contribution < -0.4 is 10.2 Å². The lowest BCUT2D eigenvalue weighted by Gasteiger charge is -2.59. The van der Waals surface area contributed by atoms with E-state index in [2.05, 4.69) is 16.3 Å². The van der Waals surface area contributed by atoms with Gasteiger partial charge in [0.05, 0.1) is 6.61 Å². The molecule has 1 saturated heterocycles. The Balaban J connectivity index is 1.44. The standard InChI is InChI=1S/C25H23Cl2N3O2/c26-17-7-5-8-18(12-17)28-25(32)30-14-22-24(19-9-2-4-11-21(19)30)23(15-31)29(22)13-16-6-1-3-10-20(16)27/h1-12,22-24,31H,13-15H2,(H,28,32)/t22-,23-,24+/m1/s1. The van der Waals surface area contributed by atoms with Crippen molar-refractivity contribution in [3.8, 4) is 0 Å². The Hall–Kier alpha value is -2.57. The summed E-state index contributed by atoms with van der Waals surface area (Å²) in [6, 6.07) is 22.7. The van der Waals surface area contributed by atoms with E-state index in [1.54, 1.807) is 23.1 Å². The number of aliphatic hydroxyl groups is 1. The summed E-state index contributed by atoms with van der Waals surface area (Å²) in [4.78, 5) is 17.3. The Morgan fingerprint density at radius 1 is 1.03 bits per heavy atom. The van der Waals surface area contributed by atoms with Crippen LogP contribution in [0.3, 0.4) is 0 Å². The van der Waals surface area contributed by atoms with Crippen molar-refractivity contribution < 1.29 is 9.90 Å². The van der Waals surface area contributed by atoms with Gasteiger partial charge in [0, 0.05) is 52.5 Å². The second kappa shape index (κ2) is 8.75. The molecular formula is C25H23Cl2N3O2. The number of aliphatic hydroxyl groups excluding tert-OH is 1. The van der Waals surface area contributed by atoms with Crippen molar-refractivity contribution in [2.75, 3.05) is 23.4 Å². The second-order valence-electron chi connectivity index (χ2n) is 8.22. The first kappa shape index (κ1) is 21.3. The molecule has 32 heavy (non-hydrogen) atoms. The van der Waals surface area contributed by atoms with Gasteiger partial charge in [-0.2, -0.15) is 0 Å².